The minimum absolute atomic E-state index is 0.0203. The summed E-state index contributed by atoms with van der Waals surface area (Å²) in [5.41, 5.74) is 8.75. The van der Waals surface area contributed by atoms with Gasteiger partial charge in [0.25, 0.3) is 0 Å². The van der Waals surface area contributed by atoms with Crippen molar-refractivity contribution in [1.29, 1.82) is 5.41 Å². The molecule has 1 heterocycles. The van der Waals surface area contributed by atoms with Gasteiger partial charge in [0.05, 0.1) is 25.5 Å². The number of hydrogen-bond donors (Lipinski definition) is 2. The highest BCUT2D eigenvalue weighted by molar-refractivity contribution is 5.95. The number of nitrogens with two attached hydrogens (primary N) is 1. The molecular weight excluding hydrogens is 485 g/mol. The quantitative estimate of drug-likeness (QED) is 0.220. The Bertz CT molecular complexity index is 1280. The van der Waals surface area contributed by atoms with Gasteiger partial charge in [0.2, 0.25) is 5.91 Å². The summed E-state index contributed by atoms with van der Waals surface area (Å²) in [5, 5.41) is 7.50. The molecule has 4 rings (SSSR count). The zero-order valence-electron chi connectivity index (χ0n) is 21.4. The van der Waals surface area contributed by atoms with Crippen LogP contribution in [0.2, 0.25) is 0 Å². The second-order valence-electron chi connectivity index (χ2n) is 9.43. The van der Waals surface area contributed by atoms with E-state index < -0.39 is 17.7 Å². The van der Waals surface area contributed by atoms with Gasteiger partial charge in [-0.1, -0.05) is 60.7 Å². The maximum atomic E-state index is 15.0. The Morgan fingerprint density at radius 1 is 1.08 bits per heavy atom. The first kappa shape index (κ1) is 26.9. The van der Waals surface area contributed by atoms with Gasteiger partial charge in [0.15, 0.2) is 11.6 Å². The van der Waals surface area contributed by atoms with Crippen LogP contribution in [0.3, 0.4) is 0 Å². The number of nitrogens with zero attached hydrogens (tertiary/aromatic N) is 1. The van der Waals surface area contributed by atoms with E-state index in [2.05, 4.69) is 12.1 Å². The molecule has 1 aliphatic heterocycles. The molecule has 0 unspecified atom stereocenters. The monoisotopic (exact) mass is 517 g/mol. The van der Waals surface area contributed by atoms with Crippen LogP contribution in [0.4, 0.5) is 4.39 Å². The summed E-state index contributed by atoms with van der Waals surface area (Å²) in [7, 11) is 1.31. The van der Waals surface area contributed by atoms with Crippen LogP contribution in [0, 0.1) is 17.1 Å². The lowest BCUT2D eigenvalue weighted by Crippen LogP contribution is -2.38. The van der Waals surface area contributed by atoms with E-state index >= 15 is 0 Å². The summed E-state index contributed by atoms with van der Waals surface area (Å²) in [4.78, 5) is 26.7. The van der Waals surface area contributed by atoms with Crippen molar-refractivity contribution in [3.63, 3.8) is 0 Å². The Hall–Kier alpha value is -4.20. The van der Waals surface area contributed by atoms with E-state index in [1.807, 2.05) is 18.2 Å². The molecule has 0 aliphatic carbocycles. The number of carbonyl (C=O) groups is 2. The number of amides is 1. The minimum Gasteiger partial charge on any atom is -0.488 e. The van der Waals surface area contributed by atoms with E-state index in [4.69, 9.17) is 20.6 Å². The summed E-state index contributed by atoms with van der Waals surface area (Å²) in [6, 6.07) is 21.5. The molecule has 7 nitrogen and oxygen atoms in total. The molecule has 1 saturated heterocycles. The molecule has 0 saturated carbocycles. The third-order valence-corrected chi connectivity index (χ3v) is 6.87. The number of carbonyl (C=O) groups excluding carboxylic acids is 2. The highest BCUT2D eigenvalue weighted by Gasteiger charge is 2.40. The molecule has 0 radical (unpaired) electrons. The maximum Gasteiger partial charge on any atom is 0.306 e. The first-order chi connectivity index (χ1) is 18.4. The van der Waals surface area contributed by atoms with Gasteiger partial charge < -0.3 is 20.1 Å². The zero-order chi connectivity index (χ0) is 27.1. The molecule has 8 heteroatoms. The summed E-state index contributed by atoms with van der Waals surface area (Å²) in [6.07, 6.45) is 2.06. The van der Waals surface area contributed by atoms with E-state index in [0.29, 0.717) is 24.1 Å². The smallest absolute Gasteiger partial charge is 0.306 e. The van der Waals surface area contributed by atoms with Crippen LogP contribution in [-0.4, -0.2) is 48.9 Å². The number of esters is 1. The second kappa shape index (κ2) is 12.4. The summed E-state index contributed by atoms with van der Waals surface area (Å²) < 4.78 is 25.6. The lowest BCUT2D eigenvalue weighted by molar-refractivity contribution is -0.144. The number of nitrogen functional groups attached to an aromatic ring is 1. The third-order valence-electron chi connectivity index (χ3n) is 6.87. The first-order valence-electron chi connectivity index (χ1n) is 12.6. The van der Waals surface area contributed by atoms with Crippen molar-refractivity contribution in [3.05, 3.63) is 89.7 Å². The van der Waals surface area contributed by atoms with Crippen molar-refractivity contribution in [2.24, 2.45) is 11.7 Å². The van der Waals surface area contributed by atoms with Crippen LogP contribution in [0.25, 0.3) is 11.1 Å². The third kappa shape index (κ3) is 6.56. The van der Waals surface area contributed by atoms with E-state index in [1.54, 1.807) is 41.3 Å². The van der Waals surface area contributed by atoms with Gasteiger partial charge in [-0.25, -0.2) is 4.39 Å². The molecule has 2 atom stereocenters. The average Bonchev–Trinajstić information content (AvgIpc) is 3.22. The van der Waals surface area contributed by atoms with Crippen molar-refractivity contribution < 1.29 is 23.5 Å². The number of ether oxygens (including phenoxy) is 2. The van der Waals surface area contributed by atoms with Crippen molar-refractivity contribution in [3.8, 4) is 16.9 Å². The number of likely N-dealkylation sites (tertiary alicyclic amines) is 1. The molecule has 0 aromatic heterocycles. The first-order valence-corrected chi connectivity index (χ1v) is 12.6. The van der Waals surface area contributed by atoms with Gasteiger partial charge in [-0.2, -0.15) is 0 Å². The normalized spacial score (nSPS) is 16.9. The zero-order valence-corrected chi connectivity index (χ0v) is 21.4. The molecular formula is C30H32FN3O4. The van der Waals surface area contributed by atoms with Crippen LogP contribution in [-0.2, 0) is 20.7 Å². The Morgan fingerprint density at radius 3 is 2.45 bits per heavy atom. The van der Waals surface area contributed by atoms with Gasteiger partial charge >= 0.3 is 5.97 Å². The van der Waals surface area contributed by atoms with E-state index in [1.165, 1.54) is 18.7 Å². The molecule has 198 valence electrons. The number of aryl methyl sites for hydroxylation is 1. The molecule has 38 heavy (non-hydrogen) atoms. The number of nitrogens with one attached hydrogen (secondary N) is 1. The predicted octanol–water partition coefficient (Wildman–Crippen LogP) is 4.57. The van der Waals surface area contributed by atoms with Crippen LogP contribution in [0.15, 0.2) is 72.8 Å². The molecule has 1 fully saturated rings. The van der Waals surface area contributed by atoms with Crippen molar-refractivity contribution in [1.82, 2.24) is 4.90 Å². The van der Waals surface area contributed by atoms with E-state index in [0.717, 1.165) is 18.4 Å². The van der Waals surface area contributed by atoms with E-state index in [9.17, 15) is 14.0 Å². The fourth-order valence-corrected chi connectivity index (χ4v) is 4.80. The molecule has 1 aliphatic rings. The fourth-order valence-electron chi connectivity index (χ4n) is 4.80. The number of halogens is 1. The number of hydrogen-bond acceptors (Lipinski definition) is 5. The standard InChI is InChI=1S/C30H32FN3O4/c1-37-28(35)18-24-16-25(34(30(24)36)15-5-8-20-6-3-2-4-7-20)19-38-27-14-13-23(17-26(27)31)21-9-11-22(12-10-21)29(32)33/h2-4,6-7,9-14,17,24-25H,5,8,15-16,18-19H2,1H3,(H3,32,33)/t24-,25-/m0/s1. The topological polar surface area (TPSA) is 106 Å². The molecule has 0 bridgehead atoms. The van der Waals surface area contributed by atoms with Gasteiger partial charge in [0.1, 0.15) is 12.4 Å². The average molecular weight is 518 g/mol. The second-order valence-corrected chi connectivity index (χ2v) is 9.43. The number of amidine groups is 1. The van der Waals surface area contributed by atoms with Crippen LogP contribution in [0.1, 0.15) is 30.4 Å². The summed E-state index contributed by atoms with van der Waals surface area (Å²) >= 11 is 0. The number of methoxy groups -OCH3 is 1. The van der Waals surface area contributed by atoms with Crippen LogP contribution < -0.4 is 10.5 Å². The maximum absolute atomic E-state index is 15.0. The lowest BCUT2D eigenvalue weighted by atomic mass is 10.0. The largest absolute Gasteiger partial charge is 0.488 e. The van der Waals surface area contributed by atoms with Crippen molar-refractivity contribution >= 4 is 17.7 Å². The summed E-state index contributed by atoms with van der Waals surface area (Å²) in [5.74, 6) is -1.43. The molecule has 3 aromatic rings. The Kier molecular flexibility index (Phi) is 8.73. The minimum atomic E-state index is -0.510. The van der Waals surface area contributed by atoms with Crippen molar-refractivity contribution in [2.45, 2.75) is 31.7 Å². The van der Waals surface area contributed by atoms with Gasteiger partial charge in [-0.15, -0.1) is 0 Å². The van der Waals surface area contributed by atoms with Crippen LogP contribution in [0.5, 0.6) is 5.75 Å². The SMILES string of the molecule is COC(=O)C[C@@H]1C[C@@H](COc2ccc(-c3ccc(C(=N)N)cc3)cc2F)N(CCCc2ccccc2)C1=O. The van der Waals surface area contributed by atoms with Crippen molar-refractivity contribution in [2.75, 3.05) is 20.3 Å². The number of rotatable bonds is 11. The Morgan fingerprint density at radius 2 is 1.79 bits per heavy atom. The predicted molar refractivity (Wildman–Crippen MR) is 143 cm³/mol. The molecule has 1 amide bonds. The molecule has 3 N–H and O–H groups in total. The van der Waals surface area contributed by atoms with E-state index in [-0.39, 0.29) is 36.6 Å². The highest BCUT2D eigenvalue weighted by Crippen LogP contribution is 2.30. The summed E-state index contributed by atoms with van der Waals surface area (Å²) in [6.45, 7) is 0.648. The van der Waals surface area contributed by atoms with Gasteiger partial charge in [0, 0.05) is 12.1 Å². The Labute approximate surface area is 221 Å². The lowest BCUT2D eigenvalue weighted by Gasteiger charge is -2.25. The van der Waals surface area contributed by atoms with Crippen LogP contribution >= 0.6 is 0 Å². The molecule has 3 aromatic carbocycles. The van der Waals surface area contributed by atoms with Gasteiger partial charge in [-0.3, -0.25) is 15.0 Å². The highest BCUT2D eigenvalue weighted by atomic mass is 19.1. The Balaban J connectivity index is 1.42. The van der Waals surface area contributed by atoms with Gasteiger partial charge in [-0.05, 0) is 48.1 Å². The fraction of sp³-hybridized carbons (Fsp3) is 0.300. The molecule has 0 spiro atoms. The number of benzene rings is 3.